The first-order valence-corrected chi connectivity index (χ1v) is 13.7. The minimum absolute atomic E-state index is 0.0285. The van der Waals surface area contributed by atoms with E-state index < -0.39 is 12.0 Å². The number of nitrogens with zero attached hydrogens (tertiary/aromatic N) is 2. The molecular weight excluding hydrogens is 559 g/mol. The maximum absolute atomic E-state index is 13.9. The lowest BCUT2D eigenvalue weighted by Gasteiger charge is -2.26. The molecule has 0 aliphatic carbocycles. The molecule has 7 nitrogen and oxygen atoms in total. The number of benzene rings is 2. The van der Waals surface area contributed by atoms with Gasteiger partial charge in [0.1, 0.15) is 12.6 Å². The number of allylic oxidation sites excluding steroid dienone is 1. The normalized spacial score (nSPS) is 15.0. The number of terminal acetylenes is 1. The molecule has 0 radical (unpaired) electrons. The van der Waals surface area contributed by atoms with Gasteiger partial charge in [-0.3, -0.25) is 9.36 Å². The number of hydrogen-bond donors (Lipinski definition) is 0. The molecule has 0 bridgehead atoms. The van der Waals surface area contributed by atoms with Crippen molar-refractivity contribution in [2.45, 2.75) is 39.8 Å². The Morgan fingerprint density at radius 1 is 1.23 bits per heavy atom. The summed E-state index contributed by atoms with van der Waals surface area (Å²) in [6.07, 6.45) is 6.66. The number of halogens is 2. The Bertz CT molecular complexity index is 1680. The average molecular weight is 586 g/mol. The molecule has 2 heterocycles. The first-order chi connectivity index (χ1) is 18.7. The van der Waals surface area contributed by atoms with Crippen molar-refractivity contribution in [3.8, 4) is 23.8 Å². The van der Waals surface area contributed by atoms with Gasteiger partial charge in [-0.05, 0) is 63.1 Å². The fourth-order valence-electron chi connectivity index (χ4n) is 4.19. The number of esters is 1. The number of fused-ring (bicyclic) bond motifs is 1. The van der Waals surface area contributed by atoms with Gasteiger partial charge in [-0.25, -0.2) is 9.79 Å². The SMILES string of the molecule is C#CCOc1c(Cl)cc(C=c2sc3n(c2=O)C(c2ccccc2Cl)C(C(=O)OC(C)C)=C(C)N=3)cc1OCC. The highest BCUT2D eigenvalue weighted by Gasteiger charge is 2.34. The van der Waals surface area contributed by atoms with Gasteiger partial charge in [0.25, 0.3) is 5.56 Å². The quantitative estimate of drug-likeness (QED) is 0.278. The zero-order chi connectivity index (χ0) is 28.3. The van der Waals surface area contributed by atoms with Crippen molar-refractivity contribution in [1.29, 1.82) is 0 Å². The first kappa shape index (κ1) is 28.5. The van der Waals surface area contributed by atoms with E-state index >= 15 is 0 Å². The highest BCUT2D eigenvalue weighted by atomic mass is 35.5. The number of carbonyl (C=O) groups is 1. The Hall–Kier alpha value is -3.51. The topological polar surface area (TPSA) is 79.1 Å². The van der Waals surface area contributed by atoms with E-state index in [9.17, 15) is 9.59 Å². The van der Waals surface area contributed by atoms with E-state index in [0.717, 1.165) is 0 Å². The Kier molecular flexibility index (Phi) is 8.86. The van der Waals surface area contributed by atoms with Crippen molar-refractivity contribution < 1.29 is 19.0 Å². The third-order valence-corrected chi connectivity index (χ3v) is 7.32. The van der Waals surface area contributed by atoms with Crippen molar-refractivity contribution in [1.82, 2.24) is 4.57 Å². The largest absolute Gasteiger partial charge is 0.490 e. The van der Waals surface area contributed by atoms with Crippen LogP contribution in [0.2, 0.25) is 10.0 Å². The molecule has 202 valence electrons. The third kappa shape index (κ3) is 5.91. The van der Waals surface area contributed by atoms with Crippen LogP contribution in [0.4, 0.5) is 0 Å². The van der Waals surface area contributed by atoms with Crippen LogP contribution in [-0.4, -0.2) is 29.9 Å². The summed E-state index contributed by atoms with van der Waals surface area (Å²) in [7, 11) is 0. The van der Waals surface area contributed by atoms with E-state index in [1.165, 1.54) is 15.9 Å². The van der Waals surface area contributed by atoms with E-state index in [1.807, 2.05) is 6.92 Å². The van der Waals surface area contributed by atoms with Crippen LogP contribution in [0.1, 0.15) is 44.9 Å². The second-order valence-corrected chi connectivity index (χ2v) is 10.6. The van der Waals surface area contributed by atoms with Gasteiger partial charge in [0.05, 0.1) is 33.5 Å². The maximum Gasteiger partial charge on any atom is 0.338 e. The third-order valence-electron chi connectivity index (χ3n) is 5.71. The lowest BCUT2D eigenvalue weighted by molar-refractivity contribution is -0.143. The van der Waals surface area contributed by atoms with Crippen molar-refractivity contribution in [3.05, 3.63) is 88.5 Å². The van der Waals surface area contributed by atoms with Gasteiger partial charge < -0.3 is 14.2 Å². The standard InChI is InChI=1S/C29H26Cl2N2O5S/c1-6-12-37-26-21(31)13-18(14-22(26)36-7-2)15-23-27(34)33-25(19-10-8-9-11-20(19)30)24(28(35)38-16(3)4)17(5)32-29(33)39-23/h1,8-11,13-16,25H,7,12H2,2-5H3. The summed E-state index contributed by atoms with van der Waals surface area (Å²) in [5.41, 5.74) is 1.58. The second kappa shape index (κ2) is 12.1. The average Bonchev–Trinajstić information content (AvgIpc) is 3.17. The summed E-state index contributed by atoms with van der Waals surface area (Å²) in [6.45, 7) is 7.49. The van der Waals surface area contributed by atoms with Crippen LogP contribution in [0.3, 0.4) is 0 Å². The van der Waals surface area contributed by atoms with Gasteiger partial charge in [0.2, 0.25) is 0 Å². The van der Waals surface area contributed by atoms with E-state index in [1.54, 1.807) is 63.2 Å². The number of hydrogen-bond acceptors (Lipinski definition) is 7. The molecule has 1 aliphatic rings. The van der Waals surface area contributed by atoms with Gasteiger partial charge in [0.15, 0.2) is 16.3 Å². The molecule has 0 saturated heterocycles. The smallest absolute Gasteiger partial charge is 0.338 e. The zero-order valence-electron chi connectivity index (χ0n) is 21.8. The molecule has 1 unspecified atom stereocenters. The van der Waals surface area contributed by atoms with Crippen LogP contribution >= 0.6 is 34.5 Å². The predicted molar refractivity (Wildman–Crippen MR) is 153 cm³/mol. The van der Waals surface area contributed by atoms with Crippen molar-refractivity contribution in [2.75, 3.05) is 13.2 Å². The molecule has 2 aromatic carbocycles. The highest BCUT2D eigenvalue weighted by Crippen LogP contribution is 2.37. The summed E-state index contributed by atoms with van der Waals surface area (Å²) in [5, 5.41) is 0.705. The summed E-state index contributed by atoms with van der Waals surface area (Å²) in [4.78, 5) is 32.1. The van der Waals surface area contributed by atoms with E-state index in [0.29, 0.717) is 54.3 Å². The number of aromatic nitrogens is 1. The summed E-state index contributed by atoms with van der Waals surface area (Å²) < 4.78 is 18.7. The predicted octanol–water partition coefficient (Wildman–Crippen LogP) is 4.90. The summed E-state index contributed by atoms with van der Waals surface area (Å²) in [5.74, 6) is 2.59. The summed E-state index contributed by atoms with van der Waals surface area (Å²) >= 11 is 14.3. The molecule has 1 aliphatic heterocycles. The number of thiazole rings is 1. The van der Waals surface area contributed by atoms with E-state index in [-0.39, 0.29) is 23.8 Å². The molecule has 39 heavy (non-hydrogen) atoms. The Labute approximate surface area is 240 Å². The lowest BCUT2D eigenvalue weighted by Crippen LogP contribution is -2.40. The van der Waals surface area contributed by atoms with Crippen molar-refractivity contribution in [2.24, 2.45) is 4.99 Å². The monoisotopic (exact) mass is 584 g/mol. The van der Waals surface area contributed by atoms with Crippen molar-refractivity contribution in [3.63, 3.8) is 0 Å². The van der Waals surface area contributed by atoms with Crippen LogP contribution < -0.4 is 24.4 Å². The highest BCUT2D eigenvalue weighted by molar-refractivity contribution is 7.07. The number of carbonyl (C=O) groups excluding carboxylic acids is 1. The Balaban J connectivity index is 1.92. The van der Waals surface area contributed by atoms with Crippen LogP contribution in [0.5, 0.6) is 11.5 Å². The van der Waals surface area contributed by atoms with Gasteiger partial charge in [-0.1, -0.05) is 58.7 Å². The maximum atomic E-state index is 13.9. The summed E-state index contributed by atoms with van der Waals surface area (Å²) in [6, 6.07) is 9.67. The van der Waals surface area contributed by atoms with Gasteiger partial charge in [-0.15, -0.1) is 6.42 Å². The molecule has 0 spiro atoms. The van der Waals surface area contributed by atoms with Crippen LogP contribution in [0.15, 0.2) is 57.5 Å². The van der Waals surface area contributed by atoms with Gasteiger partial charge >= 0.3 is 5.97 Å². The van der Waals surface area contributed by atoms with Crippen LogP contribution in [0, 0.1) is 12.3 Å². The van der Waals surface area contributed by atoms with Crippen molar-refractivity contribution >= 4 is 46.6 Å². The number of rotatable bonds is 8. The van der Waals surface area contributed by atoms with Gasteiger partial charge in [-0.2, -0.15) is 0 Å². The molecule has 0 amide bonds. The van der Waals surface area contributed by atoms with Crippen LogP contribution in [0.25, 0.3) is 6.08 Å². The molecule has 4 rings (SSSR count). The van der Waals surface area contributed by atoms with E-state index in [4.69, 9.17) is 43.8 Å². The minimum atomic E-state index is -0.814. The Morgan fingerprint density at radius 2 is 1.97 bits per heavy atom. The molecule has 1 aromatic heterocycles. The number of ether oxygens (including phenoxy) is 3. The molecule has 3 aromatic rings. The molecule has 1 atom stereocenters. The fourth-order valence-corrected chi connectivity index (χ4v) is 5.75. The second-order valence-electron chi connectivity index (χ2n) is 8.81. The fraction of sp³-hybridized carbons (Fsp3) is 0.276. The molecule has 0 fully saturated rings. The zero-order valence-corrected chi connectivity index (χ0v) is 24.1. The molecule has 10 heteroatoms. The van der Waals surface area contributed by atoms with E-state index in [2.05, 4.69) is 10.9 Å². The molecular formula is C29H26Cl2N2O5S. The molecule has 0 saturated carbocycles. The van der Waals surface area contributed by atoms with Crippen LogP contribution in [-0.2, 0) is 9.53 Å². The first-order valence-electron chi connectivity index (χ1n) is 12.2. The minimum Gasteiger partial charge on any atom is -0.490 e. The van der Waals surface area contributed by atoms with Gasteiger partial charge in [0, 0.05) is 5.02 Å². The lowest BCUT2D eigenvalue weighted by atomic mass is 9.96. The molecule has 0 N–H and O–H groups in total. The Morgan fingerprint density at radius 3 is 2.64 bits per heavy atom.